The molecule has 110 valence electrons. The molecule has 0 radical (unpaired) electrons. The van der Waals surface area contributed by atoms with E-state index in [1.807, 2.05) is 30.3 Å². The first-order chi connectivity index (χ1) is 9.97. The van der Waals surface area contributed by atoms with Gasteiger partial charge in [0.15, 0.2) is 5.82 Å². The lowest BCUT2D eigenvalue weighted by atomic mass is 10.1. The first-order valence-corrected chi connectivity index (χ1v) is 6.98. The molecule has 0 bridgehead atoms. The Hall–Kier alpha value is -1.62. The van der Waals surface area contributed by atoms with E-state index in [0.717, 1.165) is 5.56 Å². The van der Waals surface area contributed by atoms with E-state index in [1.54, 1.807) is 0 Å². The number of carbonyl (C=O) groups excluding carboxylic acids is 1. The van der Waals surface area contributed by atoms with Gasteiger partial charge in [-0.25, -0.2) is 4.39 Å². The fraction of sp³-hybridized carbons (Fsp3) is 0.133. The first-order valence-electron chi connectivity index (χ1n) is 6.22. The maximum atomic E-state index is 13.3. The minimum atomic E-state index is -0.727. The van der Waals surface area contributed by atoms with Crippen molar-refractivity contribution in [3.05, 3.63) is 63.9 Å². The van der Waals surface area contributed by atoms with Crippen LogP contribution in [0.5, 0.6) is 0 Å². The maximum absolute atomic E-state index is 13.3. The molecule has 2 rings (SSSR count). The van der Waals surface area contributed by atoms with Crippen molar-refractivity contribution < 1.29 is 9.18 Å². The van der Waals surface area contributed by atoms with E-state index in [9.17, 15) is 9.18 Å². The summed E-state index contributed by atoms with van der Waals surface area (Å²) in [5, 5.41) is 2.26. The molecule has 0 aliphatic heterocycles. The largest absolute Gasteiger partial charge is 0.325 e. The van der Waals surface area contributed by atoms with E-state index < -0.39 is 17.8 Å². The van der Waals surface area contributed by atoms with Crippen molar-refractivity contribution in [3.8, 4) is 0 Å². The summed E-state index contributed by atoms with van der Waals surface area (Å²) in [4.78, 5) is 12.0. The summed E-state index contributed by atoms with van der Waals surface area (Å²) in [5.41, 5.74) is 7.11. The summed E-state index contributed by atoms with van der Waals surface area (Å²) in [6, 6.07) is 11.3. The zero-order valence-corrected chi connectivity index (χ0v) is 12.5. The molecule has 6 heteroatoms. The van der Waals surface area contributed by atoms with Gasteiger partial charge in [-0.2, -0.15) is 0 Å². The molecule has 0 saturated heterocycles. The second kappa shape index (κ2) is 6.89. The summed E-state index contributed by atoms with van der Waals surface area (Å²) in [7, 11) is 0. The van der Waals surface area contributed by atoms with E-state index in [4.69, 9.17) is 28.9 Å². The zero-order chi connectivity index (χ0) is 15.4. The molecule has 2 aromatic rings. The third-order valence-corrected chi connectivity index (χ3v) is 3.44. The van der Waals surface area contributed by atoms with Gasteiger partial charge in [0, 0.05) is 5.69 Å². The van der Waals surface area contributed by atoms with Gasteiger partial charge in [0.2, 0.25) is 5.91 Å². The molecule has 2 aromatic carbocycles. The minimum absolute atomic E-state index is 0.158. The molecule has 1 atom stereocenters. The number of rotatable bonds is 4. The smallest absolute Gasteiger partial charge is 0.241 e. The summed E-state index contributed by atoms with van der Waals surface area (Å²) < 4.78 is 13.3. The Balaban J connectivity index is 2.04. The van der Waals surface area contributed by atoms with Crippen LogP contribution in [-0.2, 0) is 11.2 Å². The van der Waals surface area contributed by atoms with Gasteiger partial charge >= 0.3 is 0 Å². The highest BCUT2D eigenvalue weighted by Crippen LogP contribution is 2.27. The standard InChI is InChI=1S/C15H13Cl2FN2O/c16-11-7-10(8-12(17)14(11)18)20-15(21)13(19)6-9-4-2-1-3-5-9/h1-5,7-8,13H,6,19H2,(H,20,21)/t13-/m0/s1. The Morgan fingerprint density at radius 1 is 1.19 bits per heavy atom. The summed E-state index contributed by atoms with van der Waals surface area (Å²) in [6.07, 6.45) is 0.398. The molecule has 0 aromatic heterocycles. The van der Waals surface area contributed by atoms with Crippen molar-refractivity contribution in [3.63, 3.8) is 0 Å². The van der Waals surface area contributed by atoms with Gasteiger partial charge in [0.05, 0.1) is 16.1 Å². The van der Waals surface area contributed by atoms with Crippen LogP contribution in [0, 0.1) is 5.82 Å². The highest BCUT2D eigenvalue weighted by Gasteiger charge is 2.16. The third kappa shape index (κ3) is 4.17. The number of carbonyl (C=O) groups is 1. The van der Waals surface area contributed by atoms with Gasteiger partial charge in [-0.05, 0) is 24.1 Å². The molecule has 3 N–H and O–H groups in total. The highest BCUT2D eigenvalue weighted by molar-refractivity contribution is 6.35. The molecular weight excluding hydrogens is 314 g/mol. The molecule has 0 aliphatic carbocycles. The van der Waals surface area contributed by atoms with Crippen LogP contribution in [0.25, 0.3) is 0 Å². The number of benzene rings is 2. The molecule has 21 heavy (non-hydrogen) atoms. The number of hydrogen-bond acceptors (Lipinski definition) is 2. The van der Waals surface area contributed by atoms with E-state index in [1.165, 1.54) is 12.1 Å². The van der Waals surface area contributed by atoms with Gasteiger partial charge < -0.3 is 11.1 Å². The molecule has 0 fully saturated rings. The second-order valence-corrected chi connectivity index (χ2v) is 5.35. The Bertz CT molecular complexity index is 626. The predicted molar refractivity (Wildman–Crippen MR) is 83.2 cm³/mol. The lowest BCUT2D eigenvalue weighted by Crippen LogP contribution is -2.37. The predicted octanol–water partition coefficient (Wildman–Crippen LogP) is 3.64. The van der Waals surface area contributed by atoms with Crippen molar-refractivity contribution >= 4 is 34.8 Å². The number of anilines is 1. The Morgan fingerprint density at radius 2 is 1.76 bits per heavy atom. The Kier molecular flexibility index (Phi) is 5.17. The molecule has 0 spiro atoms. The van der Waals surface area contributed by atoms with Crippen LogP contribution in [0.3, 0.4) is 0 Å². The highest BCUT2D eigenvalue weighted by atomic mass is 35.5. The fourth-order valence-corrected chi connectivity index (χ4v) is 2.31. The van der Waals surface area contributed by atoms with E-state index in [-0.39, 0.29) is 10.0 Å². The Labute approximate surface area is 131 Å². The molecule has 0 heterocycles. The SMILES string of the molecule is N[C@@H](Cc1ccccc1)C(=O)Nc1cc(Cl)c(F)c(Cl)c1. The van der Waals surface area contributed by atoms with Crippen molar-refractivity contribution in [2.75, 3.05) is 5.32 Å². The quantitative estimate of drug-likeness (QED) is 0.843. The summed E-state index contributed by atoms with van der Waals surface area (Å²) in [5.74, 6) is -1.11. The van der Waals surface area contributed by atoms with Crippen LogP contribution in [-0.4, -0.2) is 11.9 Å². The van der Waals surface area contributed by atoms with Crippen LogP contribution in [0.15, 0.2) is 42.5 Å². The van der Waals surface area contributed by atoms with Gasteiger partial charge in [-0.3, -0.25) is 4.79 Å². The van der Waals surface area contributed by atoms with Crippen LogP contribution in [0.1, 0.15) is 5.56 Å². The van der Waals surface area contributed by atoms with E-state index in [0.29, 0.717) is 12.1 Å². The van der Waals surface area contributed by atoms with Crippen LogP contribution < -0.4 is 11.1 Å². The van der Waals surface area contributed by atoms with Gasteiger partial charge in [-0.1, -0.05) is 53.5 Å². The van der Waals surface area contributed by atoms with Gasteiger partial charge in [0.1, 0.15) is 0 Å². The minimum Gasteiger partial charge on any atom is -0.325 e. The van der Waals surface area contributed by atoms with Crippen LogP contribution in [0.2, 0.25) is 10.0 Å². The van der Waals surface area contributed by atoms with Crippen LogP contribution >= 0.6 is 23.2 Å². The van der Waals surface area contributed by atoms with Crippen molar-refractivity contribution in [2.24, 2.45) is 5.73 Å². The molecule has 3 nitrogen and oxygen atoms in total. The number of nitrogens with one attached hydrogen (secondary N) is 1. The first kappa shape index (κ1) is 15.8. The Morgan fingerprint density at radius 3 is 2.33 bits per heavy atom. The summed E-state index contributed by atoms with van der Waals surface area (Å²) >= 11 is 11.3. The van der Waals surface area contributed by atoms with E-state index >= 15 is 0 Å². The number of hydrogen-bond donors (Lipinski definition) is 2. The zero-order valence-electron chi connectivity index (χ0n) is 10.9. The monoisotopic (exact) mass is 326 g/mol. The van der Waals surface area contributed by atoms with E-state index in [2.05, 4.69) is 5.32 Å². The van der Waals surface area contributed by atoms with Gasteiger partial charge in [-0.15, -0.1) is 0 Å². The molecule has 0 saturated carbocycles. The lowest BCUT2D eigenvalue weighted by molar-refractivity contribution is -0.117. The third-order valence-electron chi connectivity index (χ3n) is 2.89. The van der Waals surface area contributed by atoms with Gasteiger partial charge in [0.25, 0.3) is 0 Å². The van der Waals surface area contributed by atoms with Crippen molar-refractivity contribution in [2.45, 2.75) is 12.5 Å². The fourth-order valence-electron chi connectivity index (χ4n) is 1.82. The van der Waals surface area contributed by atoms with Crippen LogP contribution in [0.4, 0.5) is 10.1 Å². The second-order valence-electron chi connectivity index (χ2n) is 4.54. The maximum Gasteiger partial charge on any atom is 0.241 e. The average molecular weight is 327 g/mol. The number of halogens is 3. The number of nitrogens with two attached hydrogens (primary N) is 1. The topological polar surface area (TPSA) is 55.1 Å². The molecule has 1 amide bonds. The lowest BCUT2D eigenvalue weighted by Gasteiger charge is -2.13. The molecule has 0 aliphatic rings. The van der Waals surface area contributed by atoms with Crippen molar-refractivity contribution in [1.82, 2.24) is 0 Å². The number of amides is 1. The average Bonchev–Trinajstić information content (AvgIpc) is 2.45. The molecular formula is C15H13Cl2FN2O. The molecule has 0 unspecified atom stereocenters. The summed E-state index contributed by atoms with van der Waals surface area (Å²) in [6.45, 7) is 0. The normalized spacial score (nSPS) is 12.0. The van der Waals surface area contributed by atoms with Crippen molar-refractivity contribution in [1.29, 1.82) is 0 Å².